The minimum absolute atomic E-state index is 0.217. The fourth-order valence-corrected chi connectivity index (χ4v) is 2.25. The van der Waals surface area contributed by atoms with E-state index < -0.39 is 0 Å². The molecular weight excluding hydrogens is 344 g/mol. The van der Waals surface area contributed by atoms with E-state index in [2.05, 4.69) is 26.0 Å². The summed E-state index contributed by atoms with van der Waals surface area (Å²) in [5.74, 6) is 0.530. The van der Waals surface area contributed by atoms with E-state index in [1.165, 1.54) is 0 Å². The van der Waals surface area contributed by atoms with Gasteiger partial charge in [0.05, 0.1) is 18.1 Å². The maximum absolute atomic E-state index is 9.28. The number of hydrogen-bond acceptors (Lipinski definition) is 4. The number of aromatic nitrogens is 2. The molecule has 1 heterocycles. The van der Waals surface area contributed by atoms with Crippen molar-refractivity contribution in [1.29, 1.82) is 0 Å². The van der Waals surface area contributed by atoms with Crippen molar-refractivity contribution in [3.05, 3.63) is 64.8 Å². The standard InChI is InChI=1S/C16H13BrN4O/c17-13-5-3-12(4-6-13)15-10-19-16(18)21(15)20-9-11-1-7-14(22)8-2-11/h1-10,22H,(H2,18,19). The molecule has 0 atom stereocenters. The fraction of sp³-hybridized carbons (Fsp3) is 0. The normalized spacial score (nSPS) is 11.1. The quantitative estimate of drug-likeness (QED) is 0.705. The van der Waals surface area contributed by atoms with E-state index in [-0.39, 0.29) is 5.75 Å². The molecule has 0 saturated heterocycles. The molecule has 110 valence electrons. The smallest absolute Gasteiger partial charge is 0.221 e. The van der Waals surface area contributed by atoms with Gasteiger partial charge in [-0.3, -0.25) is 0 Å². The summed E-state index contributed by atoms with van der Waals surface area (Å²) in [6, 6.07) is 14.6. The second-order valence-electron chi connectivity index (χ2n) is 4.66. The van der Waals surface area contributed by atoms with Crippen molar-refractivity contribution in [2.75, 3.05) is 5.73 Å². The highest BCUT2D eigenvalue weighted by molar-refractivity contribution is 9.10. The van der Waals surface area contributed by atoms with E-state index in [1.54, 1.807) is 41.4 Å². The molecule has 3 N–H and O–H groups in total. The van der Waals surface area contributed by atoms with Gasteiger partial charge in [-0.15, -0.1) is 0 Å². The first-order valence-electron chi connectivity index (χ1n) is 6.56. The summed E-state index contributed by atoms with van der Waals surface area (Å²) >= 11 is 3.41. The number of hydrogen-bond donors (Lipinski definition) is 2. The molecule has 5 nitrogen and oxygen atoms in total. The van der Waals surface area contributed by atoms with E-state index in [0.29, 0.717) is 5.95 Å². The van der Waals surface area contributed by atoms with Gasteiger partial charge in [-0.2, -0.15) is 9.78 Å². The Hall–Kier alpha value is -2.60. The zero-order valence-corrected chi connectivity index (χ0v) is 13.1. The highest BCUT2D eigenvalue weighted by Crippen LogP contribution is 2.23. The average Bonchev–Trinajstić information content (AvgIpc) is 2.89. The largest absolute Gasteiger partial charge is 0.508 e. The Labute approximate surface area is 135 Å². The van der Waals surface area contributed by atoms with Crippen molar-refractivity contribution in [3.63, 3.8) is 0 Å². The number of aromatic hydroxyl groups is 1. The highest BCUT2D eigenvalue weighted by atomic mass is 79.9. The van der Waals surface area contributed by atoms with Gasteiger partial charge in [0.25, 0.3) is 0 Å². The zero-order valence-electron chi connectivity index (χ0n) is 11.5. The van der Waals surface area contributed by atoms with Crippen LogP contribution >= 0.6 is 15.9 Å². The Morgan fingerprint density at radius 1 is 1.09 bits per heavy atom. The molecule has 0 amide bonds. The maximum Gasteiger partial charge on any atom is 0.221 e. The molecule has 0 spiro atoms. The SMILES string of the molecule is Nc1ncc(-c2ccc(Br)cc2)n1N=Cc1ccc(O)cc1. The predicted octanol–water partition coefficient (Wildman–Crippen LogP) is 3.48. The number of benzene rings is 2. The summed E-state index contributed by atoms with van der Waals surface area (Å²) in [4.78, 5) is 4.12. The van der Waals surface area contributed by atoms with Crippen LogP contribution in [0.25, 0.3) is 11.3 Å². The Bertz CT molecular complexity index is 807. The van der Waals surface area contributed by atoms with E-state index >= 15 is 0 Å². The lowest BCUT2D eigenvalue weighted by atomic mass is 10.2. The van der Waals surface area contributed by atoms with Crippen molar-refractivity contribution in [1.82, 2.24) is 9.66 Å². The Morgan fingerprint density at radius 2 is 1.77 bits per heavy atom. The molecule has 0 aliphatic rings. The number of phenols is 1. The van der Waals surface area contributed by atoms with Crippen LogP contribution in [0.1, 0.15) is 5.56 Å². The number of phenolic OH excluding ortho intramolecular Hbond substituents is 1. The number of halogens is 1. The van der Waals surface area contributed by atoms with Gasteiger partial charge in [-0.1, -0.05) is 28.1 Å². The third-order valence-electron chi connectivity index (χ3n) is 3.12. The Morgan fingerprint density at radius 3 is 2.45 bits per heavy atom. The van der Waals surface area contributed by atoms with Crippen LogP contribution in [-0.2, 0) is 0 Å². The second-order valence-corrected chi connectivity index (χ2v) is 5.57. The molecule has 2 aromatic carbocycles. The van der Waals surface area contributed by atoms with Gasteiger partial charge in [0.2, 0.25) is 5.95 Å². The molecule has 0 aliphatic heterocycles. The molecule has 0 fully saturated rings. The van der Waals surface area contributed by atoms with Crippen molar-refractivity contribution >= 4 is 28.1 Å². The number of nitrogen functional groups attached to an aromatic ring is 1. The molecule has 0 bridgehead atoms. The molecule has 22 heavy (non-hydrogen) atoms. The first-order chi connectivity index (χ1) is 10.6. The van der Waals surface area contributed by atoms with Crippen LogP contribution in [-0.4, -0.2) is 21.0 Å². The molecule has 6 heteroatoms. The third kappa shape index (κ3) is 3.01. The van der Waals surface area contributed by atoms with Crippen molar-refractivity contribution in [2.45, 2.75) is 0 Å². The average molecular weight is 357 g/mol. The molecule has 0 unspecified atom stereocenters. The van der Waals surface area contributed by atoms with Crippen LogP contribution in [0.5, 0.6) is 5.75 Å². The van der Waals surface area contributed by atoms with Gasteiger partial charge < -0.3 is 10.8 Å². The van der Waals surface area contributed by atoms with E-state index in [4.69, 9.17) is 5.73 Å². The van der Waals surface area contributed by atoms with Gasteiger partial charge in [0, 0.05) is 10.0 Å². The molecule has 3 rings (SSSR count). The highest BCUT2D eigenvalue weighted by Gasteiger charge is 2.08. The van der Waals surface area contributed by atoms with Gasteiger partial charge in [0.15, 0.2) is 0 Å². The lowest BCUT2D eigenvalue weighted by Crippen LogP contribution is -2.00. The number of nitrogens with two attached hydrogens (primary N) is 1. The van der Waals surface area contributed by atoms with Crippen LogP contribution in [0, 0.1) is 0 Å². The number of rotatable bonds is 3. The first-order valence-corrected chi connectivity index (χ1v) is 7.35. The van der Waals surface area contributed by atoms with Crippen molar-refractivity contribution in [2.24, 2.45) is 5.10 Å². The number of imidazole rings is 1. The summed E-state index contributed by atoms with van der Waals surface area (Å²) in [5, 5.41) is 13.7. The van der Waals surface area contributed by atoms with Crippen LogP contribution in [0.2, 0.25) is 0 Å². The molecular formula is C16H13BrN4O. The van der Waals surface area contributed by atoms with Gasteiger partial charge >= 0.3 is 0 Å². The van der Waals surface area contributed by atoms with E-state index in [0.717, 1.165) is 21.3 Å². The van der Waals surface area contributed by atoms with Gasteiger partial charge in [-0.25, -0.2) is 4.98 Å². The fourth-order valence-electron chi connectivity index (χ4n) is 1.98. The van der Waals surface area contributed by atoms with Crippen LogP contribution in [0.4, 0.5) is 5.95 Å². The minimum Gasteiger partial charge on any atom is -0.508 e. The summed E-state index contributed by atoms with van der Waals surface area (Å²) < 4.78 is 2.58. The lowest BCUT2D eigenvalue weighted by Gasteiger charge is -2.04. The first kappa shape index (κ1) is 14.3. The molecule has 0 saturated carbocycles. The Kier molecular flexibility index (Phi) is 3.93. The summed E-state index contributed by atoms with van der Waals surface area (Å²) in [6.45, 7) is 0. The molecule has 0 radical (unpaired) electrons. The number of nitrogens with zero attached hydrogens (tertiary/aromatic N) is 3. The third-order valence-corrected chi connectivity index (χ3v) is 3.65. The minimum atomic E-state index is 0.217. The van der Waals surface area contributed by atoms with Crippen LogP contribution in [0.3, 0.4) is 0 Å². The summed E-state index contributed by atoms with van der Waals surface area (Å²) in [5.41, 5.74) is 8.51. The van der Waals surface area contributed by atoms with Gasteiger partial charge in [-0.05, 0) is 42.0 Å². The van der Waals surface area contributed by atoms with E-state index in [9.17, 15) is 5.11 Å². The van der Waals surface area contributed by atoms with Gasteiger partial charge in [0.1, 0.15) is 5.75 Å². The molecule has 1 aromatic heterocycles. The molecule has 0 aliphatic carbocycles. The van der Waals surface area contributed by atoms with Crippen LogP contribution < -0.4 is 5.73 Å². The van der Waals surface area contributed by atoms with Crippen molar-refractivity contribution in [3.8, 4) is 17.0 Å². The monoisotopic (exact) mass is 356 g/mol. The predicted molar refractivity (Wildman–Crippen MR) is 90.9 cm³/mol. The molecule has 3 aromatic rings. The topological polar surface area (TPSA) is 76.4 Å². The van der Waals surface area contributed by atoms with Crippen LogP contribution in [0.15, 0.2) is 64.3 Å². The number of anilines is 1. The van der Waals surface area contributed by atoms with Crippen molar-refractivity contribution < 1.29 is 5.11 Å². The van der Waals surface area contributed by atoms with E-state index in [1.807, 2.05) is 24.3 Å². The maximum atomic E-state index is 9.28. The lowest BCUT2D eigenvalue weighted by molar-refractivity contribution is 0.475. The zero-order chi connectivity index (χ0) is 15.5. The Balaban J connectivity index is 1.95. The second kappa shape index (κ2) is 6.03. The summed E-state index contributed by atoms with van der Waals surface area (Å²) in [7, 11) is 0. The summed E-state index contributed by atoms with van der Waals surface area (Å²) in [6.07, 6.45) is 3.35.